The molecule has 0 amide bonds. The molecular formula is C14H24N2O2S. The Kier molecular flexibility index (Phi) is 6.45. The van der Waals surface area contributed by atoms with Gasteiger partial charge in [-0.3, -0.25) is 4.98 Å². The van der Waals surface area contributed by atoms with Gasteiger partial charge in [0.2, 0.25) is 0 Å². The first-order valence-corrected chi connectivity index (χ1v) is 8.88. The third kappa shape index (κ3) is 5.70. The van der Waals surface area contributed by atoms with Gasteiger partial charge < -0.3 is 5.32 Å². The van der Waals surface area contributed by atoms with Gasteiger partial charge in [-0.05, 0) is 37.4 Å². The lowest BCUT2D eigenvalue weighted by atomic mass is 10.0. The lowest BCUT2D eigenvalue weighted by molar-refractivity contribution is 0.500. The third-order valence-electron chi connectivity index (χ3n) is 3.06. The van der Waals surface area contributed by atoms with Crippen LogP contribution in [0.2, 0.25) is 0 Å². The largest absolute Gasteiger partial charge is 0.309 e. The number of nitrogens with zero attached hydrogens (tertiary/aromatic N) is 1. The number of nitrogens with one attached hydrogen (secondary N) is 1. The zero-order valence-electron chi connectivity index (χ0n) is 12.0. The van der Waals surface area contributed by atoms with Crippen LogP contribution in [0.5, 0.6) is 0 Å². The number of aromatic nitrogens is 1. The minimum Gasteiger partial charge on any atom is -0.309 e. The molecule has 1 atom stereocenters. The molecule has 0 spiro atoms. The van der Waals surface area contributed by atoms with Crippen LogP contribution in [0.1, 0.15) is 44.0 Å². The number of pyridine rings is 1. The lowest BCUT2D eigenvalue weighted by Crippen LogP contribution is -2.26. The van der Waals surface area contributed by atoms with E-state index in [4.69, 9.17) is 0 Å². The van der Waals surface area contributed by atoms with Gasteiger partial charge in [0.25, 0.3) is 0 Å². The fourth-order valence-electron chi connectivity index (χ4n) is 2.05. The van der Waals surface area contributed by atoms with Crippen LogP contribution >= 0.6 is 0 Å². The van der Waals surface area contributed by atoms with Crippen molar-refractivity contribution >= 4 is 9.84 Å². The number of sulfone groups is 1. The van der Waals surface area contributed by atoms with E-state index in [9.17, 15) is 8.42 Å². The third-order valence-corrected chi connectivity index (χ3v) is 4.03. The van der Waals surface area contributed by atoms with Crippen LogP contribution in [0, 0.1) is 0 Å². The topological polar surface area (TPSA) is 59.1 Å². The van der Waals surface area contributed by atoms with Crippen molar-refractivity contribution in [3.8, 4) is 0 Å². The normalized spacial score (nSPS) is 13.4. The lowest BCUT2D eigenvalue weighted by Gasteiger charge is -2.20. The van der Waals surface area contributed by atoms with Gasteiger partial charge in [0.1, 0.15) is 9.84 Å². The quantitative estimate of drug-likeness (QED) is 0.794. The Hall–Kier alpha value is -0.940. The summed E-state index contributed by atoms with van der Waals surface area (Å²) in [6, 6.07) is 4.00. The highest BCUT2D eigenvalue weighted by atomic mass is 32.2. The fraction of sp³-hybridized carbons (Fsp3) is 0.643. The average Bonchev–Trinajstić information content (AvgIpc) is 2.38. The SMILES string of the molecule is CCCNC(CCS(C)(=O)=O)c1ncccc1CC. The predicted octanol–water partition coefficient (Wildman–Crippen LogP) is 2.12. The summed E-state index contributed by atoms with van der Waals surface area (Å²) in [5.41, 5.74) is 2.17. The molecule has 1 rings (SSSR count). The van der Waals surface area contributed by atoms with E-state index in [2.05, 4.69) is 30.2 Å². The van der Waals surface area contributed by atoms with Crippen LogP contribution in [-0.4, -0.2) is 32.0 Å². The van der Waals surface area contributed by atoms with E-state index in [0.29, 0.717) is 6.42 Å². The minimum atomic E-state index is -2.94. The van der Waals surface area contributed by atoms with Crippen LogP contribution in [0.15, 0.2) is 18.3 Å². The van der Waals surface area contributed by atoms with Crippen molar-refractivity contribution in [2.24, 2.45) is 0 Å². The molecule has 1 N–H and O–H groups in total. The Morgan fingerprint density at radius 1 is 1.37 bits per heavy atom. The maximum Gasteiger partial charge on any atom is 0.147 e. The van der Waals surface area contributed by atoms with Crippen LogP contribution in [0.3, 0.4) is 0 Å². The van der Waals surface area contributed by atoms with Crippen molar-refractivity contribution in [2.75, 3.05) is 18.6 Å². The summed E-state index contributed by atoms with van der Waals surface area (Å²) in [6.45, 7) is 5.06. The highest BCUT2D eigenvalue weighted by Crippen LogP contribution is 2.20. The number of hydrogen-bond donors (Lipinski definition) is 1. The molecule has 0 aliphatic carbocycles. The van der Waals surface area contributed by atoms with E-state index in [1.54, 1.807) is 6.20 Å². The molecule has 0 aliphatic heterocycles. The first-order valence-electron chi connectivity index (χ1n) is 6.82. The summed E-state index contributed by atoms with van der Waals surface area (Å²) in [7, 11) is -2.94. The molecule has 1 aromatic heterocycles. The maximum absolute atomic E-state index is 11.3. The molecule has 1 unspecified atom stereocenters. The molecule has 0 fully saturated rings. The highest BCUT2D eigenvalue weighted by molar-refractivity contribution is 7.90. The first kappa shape index (κ1) is 16.1. The van der Waals surface area contributed by atoms with Gasteiger partial charge in [-0.25, -0.2) is 8.42 Å². The van der Waals surface area contributed by atoms with Crippen molar-refractivity contribution in [1.82, 2.24) is 10.3 Å². The standard InChI is InChI=1S/C14H24N2O2S/c1-4-9-15-13(8-11-19(3,17)18)14-12(5-2)7-6-10-16-14/h6-7,10,13,15H,4-5,8-9,11H2,1-3H3. The van der Waals surface area contributed by atoms with Crippen LogP contribution < -0.4 is 5.32 Å². The number of rotatable bonds is 8. The first-order chi connectivity index (χ1) is 8.98. The highest BCUT2D eigenvalue weighted by Gasteiger charge is 2.17. The molecule has 1 aromatic rings. The molecule has 108 valence electrons. The molecular weight excluding hydrogens is 260 g/mol. The van der Waals surface area contributed by atoms with Gasteiger partial charge in [-0.2, -0.15) is 0 Å². The van der Waals surface area contributed by atoms with E-state index in [-0.39, 0.29) is 11.8 Å². The summed E-state index contributed by atoms with van der Waals surface area (Å²) < 4.78 is 22.7. The Morgan fingerprint density at radius 3 is 2.68 bits per heavy atom. The van der Waals surface area contributed by atoms with Crippen LogP contribution in [0.4, 0.5) is 0 Å². The van der Waals surface area contributed by atoms with Crippen molar-refractivity contribution < 1.29 is 8.42 Å². The molecule has 0 saturated heterocycles. The van der Waals surface area contributed by atoms with Crippen molar-refractivity contribution in [1.29, 1.82) is 0 Å². The fourth-order valence-corrected chi connectivity index (χ4v) is 2.71. The molecule has 19 heavy (non-hydrogen) atoms. The zero-order valence-corrected chi connectivity index (χ0v) is 12.8. The second-order valence-corrected chi connectivity index (χ2v) is 7.09. The van der Waals surface area contributed by atoms with E-state index < -0.39 is 9.84 Å². The maximum atomic E-state index is 11.3. The van der Waals surface area contributed by atoms with Gasteiger partial charge in [-0.1, -0.05) is 19.9 Å². The summed E-state index contributed by atoms with van der Waals surface area (Å²) in [5, 5.41) is 3.41. The van der Waals surface area contributed by atoms with Gasteiger partial charge in [0, 0.05) is 12.5 Å². The second-order valence-electron chi connectivity index (χ2n) is 4.83. The second kappa shape index (κ2) is 7.60. The molecule has 1 heterocycles. The smallest absolute Gasteiger partial charge is 0.147 e. The predicted molar refractivity (Wildman–Crippen MR) is 79.0 cm³/mol. The van der Waals surface area contributed by atoms with Gasteiger partial charge in [0.05, 0.1) is 17.5 Å². The summed E-state index contributed by atoms with van der Waals surface area (Å²) in [4.78, 5) is 4.45. The number of hydrogen-bond acceptors (Lipinski definition) is 4. The number of aryl methyl sites for hydroxylation is 1. The zero-order chi connectivity index (χ0) is 14.3. The van der Waals surface area contributed by atoms with Crippen molar-refractivity contribution in [2.45, 2.75) is 39.2 Å². The minimum absolute atomic E-state index is 0.0193. The molecule has 0 radical (unpaired) electrons. The summed E-state index contributed by atoms with van der Waals surface area (Å²) in [6.07, 6.45) is 5.55. The Labute approximate surface area is 116 Å². The monoisotopic (exact) mass is 284 g/mol. The summed E-state index contributed by atoms with van der Waals surface area (Å²) in [5.74, 6) is 0.189. The molecule has 0 aromatic carbocycles. The molecule has 0 aliphatic rings. The molecule has 5 heteroatoms. The molecule has 4 nitrogen and oxygen atoms in total. The Bertz CT molecular complexity index is 486. The van der Waals surface area contributed by atoms with E-state index in [0.717, 1.165) is 25.1 Å². The average molecular weight is 284 g/mol. The van der Waals surface area contributed by atoms with Gasteiger partial charge >= 0.3 is 0 Å². The van der Waals surface area contributed by atoms with E-state index in [1.165, 1.54) is 11.8 Å². The molecule has 0 bridgehead atoms. The van der Waals surface area contributed by atoms with Crippen molar-refractivity contribution in [3.63, 3.8) is 0 Å². The van der Waals surface area contributed by atoms with Gasteiger partial charge in [0.15, 0.2) is 0 Å². The Morgan fingerprint density at radius 2 is 2.11 bits per heavy atom. The van der Waals surface area contributed by atoms with E-state index >= 15 is 0 Å². The molecule has 0 saturated carbocycles. The summed E-state index contributed by atoms with van der Waals surface area (Å²) >= 11 is 0. The van der Waals surface area contributed by atoms with Gasteiger partial charge in [-0.15, -0.1) is 0 Å². The van der Waals surface area contributed by atoms with Crippen molar-refractivity contribution in [3.05, 3.63) is 29.6 Å². The van der Waals surface area contributed by atoms with Crippen LogP contribution in [0.25, 0.3) is 0 Å². The Balaban J connectivity index is 2.88. The van der Waals surface area contributed by atoms with E-state index in [1.807, 2.05) is 6.07 Å². The van der Waals surface area contributed by atoms with Crippen LogP contribution in [-0.2, 0) is 16.3 Å².